The number of benzene rings is 1. The van der Waals surface area contributed by atoms with E-state index in [4.69, 9.17) is 16.6 Å². The highest BCUT2D eigenvalue weighted by atomic mass is 35.5. The van der Waals surface area contributed by atoms with Crippen molar-refractivity contribution in [3.8, 4) is 22.6 Å². The van der Waals surface area contributed by atoms with Crippen molar-refractivity contribution < 1.29 is 13.2 Å². The summed E-state index contributed by atoms with van der Waals surface area (Å²) in [5, 5.41) is 5.95. The van der Waals surface area contributed by atoms with Crippen LogP contribution in [0.3, 0.4) is 0 Å². The Bertz CT molecular complexity index is 1490. The predicted molar refractivity (Wildman–Crippen MR) is 122 cm³/mol. The van der Waals surface area contributed by atoms with E-state index in [1.165, 1.54) is 11.8 Å². The maximum Gasteiger partial charge on any atom is 0.417 e. The quantitative estimate of drug-likeness (QED) is 0.285. The molecule has 11 heteroatoms. The van der Waals surface area contributed by atoms with Gasteiger partial charge >= 0.3 is 6.18 Å². The predicted octanol–water partition coefficient (Wildman–Crippen LogP) is 6.13. The first-order valence-corrected chi connectivity index (χ1v) is 11.3. The van der Waals surface area contributed by atoms with Crippen LogP contribution < -0.4 is 0 Å². The molecule has 0 saturated heterocycles. The van der Waals surface area contributed by atoms with Crippen LogP contribution in [0.2, 0.25) is 5.02 Å². The molecule has 5 rings (SSSR count). The van der Waals surface area contributed by atoms with Gasteiger partial charge in [0.2, 0.25) is 0 Å². The molecule has 0 amide bonds. The third kappa shape index (κ3) is 3.83. The van der Waals surface area contributed by atoms with Crippen molar-refractivity contribution in [1.82, 2.24) is 29.1 Å². The Balaban J connectivity index is 1.74. The third-order valence-electron chi connectivity index (χ3n) is 5.13. The lowest BCUT2D eigenvalue weighted by Gasteiger charge is -2.05. The zero-order valence-corrected chi connectivity index (χ0v) is 19.0. The van der Waals surface area contributed by atoms with Crippen molar-refractivity contribution in [2.45, 2.75) is 18.1 Å². The van der Waals surface area contributed by atoms with Crippen LogP contribution >= 0.6 is 23.4 Å². The zero-order valence-electron chi connectivity index (χ0n) is 17.4. The zero-order chi connectivity index (χ0) is 23.3. The van der Waals surface area contributed by atoms with Crippen molar-refractivity contribution in [2.75, 3.05) is 5.75 Å². The molecule has 33 heavy (non-hydrogen) atoms. The summed E-state index contributed by atoms with van der Waals surface area (Å²) in [5.74, 6) is 1.20. The van der Waals surface area contributed by atoms with Crippen LogP contribution in [0.15, 0.2) is 53.8 Å². The van der Waals surface area contributed by atoms with Crippen LogP contribution in [-0.4, -0.2) is 34.9 Å². The van der Waals surface area contributed by atoms with E-state index in [1.807, 2.05) is 25.1 Å². The average Bonchev–Trinajstić information content (AvgIpc) is 3.30. The Hall–Kier alpha value is -3.11. The van der Waals surface area contributed by atoms with Crippen molar-refractivity contribution in [3.05, 3.63) is 59.4 Å². The Kier molecular flexibility index (Phi) is 5.29. The lowest BCUT2D eigenvalue weighted by molar-refractivity contribution is -0.137. The van der Waals surface area contributed by atoms with Crippen LogP contribution in [0.1, 0.15) is 12.5 Å². The van der Waals surface area contributed by atoms with Gasteiger partial charge in [-0.25, -0.2) is 19.5 Å². The molecule has 5 aromatic rings. The van der Waals surface area contributed by atoms with Gasteiger partial charge in [0.25, 0.3) is 0 Å². The summed E-state index contributed by atoms with van der Waals surface area (Å²) < 4.78 is 42.9. The number of imidazole rings is 1. The van der Waals surface area contributed by atoms with Crippen LogP contribution in [0, 0.1) is 0 Å². The summed E-state index contributed by atoms with van der Waals surface area (Å²) in [5.41, 5.74) is 2.44. The van der Waals surface area contributed by atoms with E-state index in [-0.39, 0.29) is 5.52 Å². The average molecular weight is 489 g/mol. The molecular formula is C22H16ClF3N6S. The van der Waals surface area contributed by atoms with E-state index in [1.54, 1.807) is 34.5 Å². The molecule has 6 nitrogen and oxygen atoms in total. The number of hydrogen-bond donors (Lipinski definition) is 0. The molecule has 1 aromatic carbocycles. The third-order valence-corrected chi connectivity index (χ3v) is 6.23. The van der Waals surface area contributed by atoms with Gasteiger partial charge in [0.15, 0.2) is 11.3 Å². The van der Waals surface area contributed by atoms with Crippen molar-refractivity contribution in [1.29, 1.82) is 0 Å². The van der Waals surface area contributed by atoms with E-state index in [9.17, 15) is 13.2 Å². The largest absolute Gasteiger partial charge is 0.417 e. The second-order valence-electron chi connectivity index (χ2n) is 7.26. The van der Waals surface area contributed by atoms with Gasteiger partial charge in [0, 0.05) is 30.0 Å². The van der Waals surface area contributed by atoms with Gasteiger partial charge < -0.3 is 4.57 Å². The van der Waals surface area contributed by atoms with Crippen molar-refractivity contribution in [3.63, 3.8) is 0 Å². The molecule has 0 aliphatic carbocycles. The molecule has 0 radical (unpaired) electrons. The fraction of sp³-hybridized carbons (Fsp3) is 0.182. The van der Waals surface area contributed by atoms with Crippen LogP contribution in [0.25, 0.3) is 39.5 Å². The number of nitrogens with zero attached hydrogens (tertiary/aromatic N) is 6. The molecule has 0 fully saturated rings. The van der Waals surface area contributed by atoms with Gasteiger partial charge in [-0.3, -0.25) is 0 Å². The number of aryl methyl sites for hydroxylation is 1. The molecule has 0 atom stereocenters. The molecule has 0 aliphatic rings. The van der Waals surface area contributed by atoms with E-state index in [0.717, 1.165) is 23.6 Å². The van der Waals surface area contributed by atoms with Gasteiger partial charge in [0.1, 0.15) is 16.4 Å². The molecule has 4 heterocycles. The molecule has 0 aliphatic heterocycles. The molecular weight excluding hydrogens is 473 g/mol. The normalized spacial score (nSPS) is 12.2. The van der Waals surface area contributed by atoms with Crippen LogP contribution in [-0.2, 0) is 13.2 Å². The number of aromatic nitrogens is 6. The van der Waals surface area contributed by atoms with Crippen LogP contribution in [0.4, 0.5) is 13.2 Å². The van der Waals surface area contributed by atoms with Gasteiger partial charge in [0.05, 0.1) is 16.8 Å². The minimum atomic E-state index is -4.50. The first-order chi connectivity index (χ1) is 15.8. The molecule has 4 aromatic heterocycles. The number of alkyl halides is 3. The first kappa shape index (κ1) is 21.7. The topological polar surface area (TPSA) is 60.9 Å². The Morgan fingerprint density at radius 3 is 2.52 bits per heavy atom. The molecule has 0 N–H and O–H groups in total. The summed E-state index contributed by atoms with van der Waals surface area (Å²) >= 11 is 7.52. The minimum Gasteiger partial charge on any atom is -0.312 e. The number of hydrogen-bond acceptors (Lipinski definition) is 5. The second kappa shape index (κ2) is 8.03. The first-order valence-electron chi connectivity index (χ1n) is 9.94. The highest BCUT2D eigenvalue weighted by molar-refractivity contribution is 7.99. The summed E-state index contributed by atoms with van der Waals surface area (Å²) in [6.07, 6.45) is -1.87. The number of halogens is 4. The smallest absolute Gasteiger partial charge is 0.312 e. The summed E-state index contributed by atoms with van der Waals surface area (Å²) in [6.45, 7) is 2.00. The highest BCUT2D eigenvalue weighted by Gasteiger charge is 2.32. The fourth-order valence-corrected chi connectivity index (χ4v) is 4.45. The lowest BCUT2D eigenvalue weighted by Crippen LogP contribution is -2.05. The monoisotopic (exact) mass is 488 g/mol. The Labute approximate surface area is 195 Å². The number of pyridine rings is 1. The molecule has 0 spiro atoms. The van der Waals surface area contributed by atoms with E-state index >= 15 is 0 Å². The lowest BCUT2D eigenvalue weighted by atomic mass is 10.1. The molecule has 168 valence electrons. The number of thioether (sulfide) groups is 1. The van der Waals surface area contributed by atoms with Gasteiger partial charge in [-0.2, -0.15) is 18.3 Å². The summed E-state index contributed by atoms with van der Waals surface area (Å²) in [7, 11) is 1.72. The standard InChI is InChI=1S/C22H16ClF3N6S/c1-3-33-21-17(19-29-16-10-13(22(24,25)26)11-27-18(16)31(19)2)20-28-15(8-9-32(20)30-21)12-4-6-14(23)7-5-12/h4-11H,3H2,1-2H3. The Morgan fingerprint density at radius 2 is 1.82 bits per heavy atom. The highest BCUT2D eigenvalue weighted by Crippen LogP contribution is 2.36. The molecule has 0 bridgehead atoms. The van der Waals surface area contributed by atoms with Crippen molar-refractivity contribution >= 4 is 40.2 Å². The SMILES string of the molecule is CCSc1nn2ccc(-c3ccc(Cl)cc3)nc2c1-c1nc2cc(C(F)(F)F)cnc2n1C. The summed E-state index contributed by atoms with van der Waals surface area (Å²) in [6, 6.07) is 10.2. The number of rotatable bonds is 4. The number of fused-ring (bicyclic) bond motifs is 2. The van der Waals surface area contributed by atoms with Crippen LogP contribution in [0.5, 0.6) is 0 Å². The van der Waals surface area contributed by atoms with E-state index in [2.05, 4.69) is 15.1 Å². The van der Waals surface area contributed by atoms with Gasteiger partial charge in [-0.15, -0.1) is 11.8 Å². The van der Waals surface area contributed by atoms with E-state index in [0.29, 0.717) is 38.4 Å². The summed E-state index contributed by atoms with van der Waals surface area (Å²) in [4.78, 5) is 13.3. The minimum absolute atomic E-state index is 0.156. The maximum atomic E-state index is 13.2. The van der Waals surface area contributed by atoms with E-state index < -0.39 is 11.7 Å². The molecule has 0 saturated carbocycles. The van der Waals surface area contributed by atoms with Gasteiger partial charge in [-0.05, 0) is 30.0 Å². The second-order valence-corrected chi connectivity index (χ2v) is 8.95. The van der Waals surface area contributed by atoms with Gasteiger partial charge in [-0.1, -0.05) is 30.7 Å². The maximum absolute atomic E-state index is 13.2. The van der Waals surface area contributed by atoms with Crippen molar-refractivity contribution in [2.24, 2.45) is 7.05 Å². The molecule has 0 unspecified atom stereocenters. The Morgan fingerprint density at radius 1 is 1.06 bits per heavy atom. The fourth-order valence-electron chi connectivity index (χ4n) is 3.58.